The van der Waals surface area contributed by atoms with Crippen molar-refractivity contribution < 1.29 is 28.9 Å². The number of likely N-dealkylation sites (tertiary alicyclic amines) is 1. The summed E-state index contributed by atoms with van der Waals surface area (Å²) in [6, 6.07) is 11.4. The zero-order chi connectivity index (χ0) is 26.4. The Bertz CT molecular complexity index is 1120. The molecule has 2 aromatic rings. The van der Waals surface area contributed by atoms with Gasteiger partial charge in [0.1, 0.15) is 11.5 Å². The average molecular weight is 497 g/mol. The lowest BCUT2D eigenvalue weighted by Crippen LogP contribution is -2.35. The molecule has 1 unspecified atom stereocenters. The van der Waals surface area contributed by atoms with Gasteiger partial charge in [-0.2, -0.15) is 0 Å². The van der Waals surface area contributed by atoms with Gasteiger partial charge in [-0.05, 0) is 64.2 Å². The smallest absolute Gasteiger partial charge is 0.295 e. The third kappa shape index (κ3) is 5.99. The van der Waals surface area contributed by atoms with Crippen LogP contribution in [0.15, 0.2) is 48.0 Å². The molecule has 0 aliphatic carbocycles. The van der Waals surface area contributed by atoms with Crippen molar-refractivity contribution in [3.63, 3.8) is 0 Å². The molecule has 1 heterocycles. The summed E-state index contributed by atoms with van der Waals surface area (Å²) in [6.45, 7) is 7.24. The Morgan fingerprint density at radius 2 is 1.86 bits per heavy atom. The molecular formula is C28H36N2O6. The molecule has 3 rings (SSSR count). The predicted molar refractivity (Wildman–Crippen MR) is 139 cm³/mol. The van der Waals surface area contributed by atoms with Crippen LogP contribution >= 0.6 is 0 Å². The summed E-state index contributed by atoms with van der Waals surface area (Å²) in [5.74, 6) is 0.00256. The molecule has 1 aliphatic heterocycles. The van der Waals surface area contributed by atoms with E-state index in [1.54, 1.807) is 42.5 Å². The summed E-state index contributed by atoms with van der Waals surface area (Å²) in [5.41, 5.74) is 1.08. The third-order valence-corrected chi connectivity index (χ3v) is 5.77. The fourth-order valence-electron chi connectivity index (χ4n) is 4.08. The van der Waals surface area contributed by atoms with Crippen molar-refractivity contribution in [2.24, 2.45) is 0 Å². The summed E-state index contributed by atoms with van der Waals surface area (Å²) in [4.78, 5) is 29.9. The normalized spacial score (nSPS) is 17.2. The Kier molecular flexibility index (Phi) is 8.98. The lowest BCUT2D eigenvalue weighted by atomic mass is 9.95. The van der Waals surface area contributed by atoms with E-state index in [-0.39, 0.29) is 17.4 Å². The van der Waals surface area contributed by atoms with E-state index in [9.17, 15) is 14.7 Å². The van der Waals surface area contributed by atoms with E-state index in [2.05, 4.69) is 0 Å². The van der Waals surface area contributed by atoms with Gasteiger partial charge in [-0.3, -0.25) is 9.59 Å². The fraction of sp³-hybridized carbons (Fsp3) is 0.429. The number of aliphatic hydroxyl groups is 1. The van der Waals surface area contributed by atoms with Crippen molar-refractivity contribution in [1.82, 2.24) is 9.80 Å². The predicted octanol–water partition coefficient (Wildman–Crippen LogP) is 4.25. The summed E-state index contributed by atoms with van der Waals surface area (Å²) in [5, 5.41) is 11.3. The zero-order valence-corrected chi connectivity index (χ0v) is 21.9. The second-order valence-corrected chi connectivity index (χ2v) is 9.25. The molecule has 1 atom stereocenters. The third-order valence-electron chi connectivity index (χ3n) is 5.77. The van der Waals surface area contributed by atoms with Gasteiger partial charge >= 0.3 is 0 Å². The van der Waals surface area contributed by atoms with Crippen molar-refractivity contribution in [1.29, 1.82) is 0 Å². The first kappa shape index (κ1) is 27.1. The van der Waals surface area contributed by atoms with Gasteiger partial charge in [0.05, 0.1) is 31.4 Å². The van der Waals surface area contributed by atoms with E-state index in [4.69, 9.17) is 14.2 Å². The molecule has 0 aromatic heterocycles. The number of ketones is 1. The van der Waals surface area contributed by atoms with Gasteiger partial charge in [0.15, 0.2) is 11.5 Å². The summed E-state index contributed by atoms with van der Waals surface area (Å²) in [7, 11) is 5.33. The number of benzene rings is 2. The number of aliphatic hydroxyl groups excluding tert-OH is 1. The highest BCUT2D eigenvalue weighted by Gasteiger charge is 2.46. The zero-order valence-electron chi connectivity index (χ0n) is 21.9. The van der Waals surface area contributed by atoms with Crippen LogP contribution in [0.3, 0.4) is 0 Å². The first-order chi connectivity index (χ1) is 17.2. The molecule has 0 spiro atoms. The molecule has 1 fully saturated rings. The van der Waals surface area contributed by atoms with Crippen LogP contribution in [0.4, 0.5) is 0 Å². The van der Waals surface area contributed by atoms with E-state index in [1.807, 2.05) is 39.8 Å². The molecule has 36 heavy (non-hydrogen) atoms. The Hall–Kier alpha value is -3.52. The quantitative estimate of drug-likeness (QED) is 0.283. The number of ether oxygens (including phenoxy) is 3. The van der Waals surface area contributed by atoms with Gasteiger partial charge in [-0.25, -0.2) is 0 Å². The molecule has 0 saturated carbocycles. The number of carbonyl (C=O) groups excluding carboxylic acids is 2. The highest BCUT2D eigenvalue weighted by molar-refractivity contribution is 6.46. The van der Waals surface area contributed by atoms with Crippen LogP contribution in [0.25, 0.3) is 5.76 Å². The number of rotatable bonds is 11. The van der Waals surface area contributed by atoms with E-state index < -0.39 is 17.7 Å². The maximum Gasteiger partial charge on any atom is 0.295 e. The van der Waals surface area contributed by atoms with Crippen molar-refractivity contribution in [3.05, 3.63) is 59.2 Å². The van der Waals surface area contributed by atoms with Gasteiger partial charge in [-0.15, -0.1) is 0 Å². The molecule has 1 saturated heterocycles. The Labute approximate surface area is 213 Å². The highest BCUT2D eigenvalue weighted by atomic mass is 16.5. The van der Waals surface area contributed by atoms with E-state index in [0.29, 0.717) is 48.1 Å². The van der Waals surface area contributed by atoms with Crippen molar-refractivity contribution >= 4 is 17.4 Å². The Morgan fingerprint density at radius 3 is 2.50 bits per heavy atom. The van der Waals surface area contributed by atoms with Crippen LogP contribution < -0.4 is 14.2 Å². The number of hydrogen-bond acceptors (Lipinski definition) is 7. The monoisotopic (exact) mass is 496 g/mol. The summed E-state index contributed by atoms with van der Waals surface area (Å²) < 4.78 is 17.1. The van der Waals surface area contributed by atoms with E-state index >= 15 is 0 Å². The minimum atomic E-state index is -0.785. The lowest BCUT2D eigenvalue weighted by Gasteiger charge is -2.27. The number of likely N-dealkylation sites (N-methyl/N-ethyl adjacent to an activating group) is 1. The molecule has 0 bridgehead atoms. The standard InChI is InChI=1S/C28H36N2O6/c1-7-15-35-21-10-8-9-20(16-21)26(31)24-25(30(14-13-29(4)5)28(33)27(24)32)19-11-12-22(36-18(2)3)23(17-19)34-6/h8-12,16-18,25,31H,7,13-15H2,1-6H3/b26-24-. The molecule has 0 radical (unpaired) electrons. The maximum absolute atomic E-state index is 13.3. The SMILES string of the molecule is CCCOc1cccc(/C(O)=C2/C(=O)C(=O)N(CCN(C)C)C2c2ccc(OC(C)C)c(OC)c2)c1. The van der Waals surface area contributed by atoms with Gasteiger partial charge in [-0.1, -0.05) is 25.1 Å². The number of carbonyl (C=O) groups is 2. The topological polar surface area (TPSA) is 88.5 Å². The Balaban J connectivity index is 2.14. The van der Waals surface area contributed by atoms with E-state index in [0.717, 1.165) is 6.42 Å². The van der Waals surface area contributed by atoms with Crippen LogP contribution in [-0.4, -0.2) is 73.6 Å². The number of amides is 1. The van der Waals surface area contributed by atoms with Crippen LogP contribution in [-0.2, 0) is 9.59 Å². The largest absolute Gasteiger partial charge is 0.507 e. The van der Waals surface area contributed by atoms with Crippen LogP contribution in [0, 0.1) is 0 Å². The molecule has 1 amide bonds. The molecule has 8 nitrogen and oxygen atoms in total. The first-order valence-electron chi connectivity index (χ1n) is 12.2. The Morgan fingerprint density at radius 1 is 1.11 bits per heavy atom. The number of methoxy groups -OCH3 is 1. The first-order valence-corrected chi connectivity index (χ1v) is 12.2. The van der Waals surface area contributed by atoms with Gasteiger partial charge < -0.3 is 29.1 Å². The number of nitrogens with zero attached hydrogens (tertiary/aromatic N) is 2. The number of hydrogen-bond donors (Lipinski definition) is 1. The van der Waals surface area contributed by atoms with Gasteiger partial charge in [0.25, 0.3) is 11.7 Å². The summed E-state index contributed by atoms with van der Waals surface area (Å²) >= 11 is 0. The van der Waals surface area contributed by atoms with Crippen molar-refractivity contribution in [3.8, 4) is 17.2 Å². The van der Waals surface area contributed by atoms with Crippen LogP contribution in [0.1, 0.15) is 44.4 Å². The van der Waals surface area contributed by atoms with E-state index in [1.165, 1.54) is 12.0 Å². The highest BCUT2D eigenvalue weighted by Crippen LogP contribution is 2.42. The van der Waals surface area contributed by atoms with Crippen molar-refractivity contribution in [2.75, 3.05) is 40.9 Å². The van der Waals surface area contributed by atoms with Crippen molar-refractivity contribution in [2.45, 2.75) is 39.3 Å². The second kappa shape index (κ2) is 11.9. The summed E-state index contributed by atoms with van der Waals surface area (Å²) in [6.07, 6.45) is 0.781. The molecule has 194 valence electrons. The molecule has 1 N–H and O–H groups in total. The number of Topliss-reactive ketones (excluding diaryl/α,β-unsaturated/α-hetero) is 1. The fourth-order valence-corrected chi connectivity index (χ4v) is 4.08. The molecular weight excluding hydrogens is 460 g/mol. The maximum atomic E-state index is 13.3. The van der Waals surface area contributed by atoms with Gasteiger partial charge in [0, 0.05) is 18.7 Å². The minimum Gasteiger partial charge on any atom is -0.507 e. The van der Waals surface area contributed by atoms with Crippen LogP contribution in [0.5, 0.6) is 17.2 Å². The minimum absolute atomic E-state index is 0.0333. The molecule has 2 aromatic carbocycles. The second-order valence-electron chi connectivity index (χ2n) is 9.25. The molecule has 1 aliphatic rings. The average Bonchev–Trinajstić information content (AvgIpc) is 3.10. The van der Waals surface area contributed by atoms with Gasteiger partial charge in [0.2, 0.25) is 0 Å². The molecule has 8 heteroatoms. The lowest BCUT2D eigenvalue weighted by molar-refractivity contribution is -0.140. The van der Waals surface area contributed by atoms with Crippen LogP contribution in [0.2, 0.25) is 0 Å².